The molecule has 1 aromatic carbocycles. The molecule has 212 valence electrons. The minimum Gasteiger partial charge on any atom is -0.494 e. The quantitative estimate of drug-likeness (QED) is 0.279. The van der Waals surface area contributed by atoms with Crippen LogP contribution in [0.25, 0.3) is 22.4 Å². The van der Waals surface area contributed by atoms with E-state index >= 15 is 0 Å². The van der Waals surface area contributed by atoms with Crippen molar-refractivity contribution in [2.24, 2.45) is 0 Å². The molecule has 1 saturated heterocycles. The highest BCUT2D eigenvalue weighted by Crippen LogP contribution is 2.33. The lowest BCUT2D eigenvalue weighted by Gasteiger charge is -2.44. The summed E-state index contributed by atoms with van der Waals surface area (Å²) in [5.41, 5.74) is 8.14. The molecule has 14 heteroatoms. The number of halogens is 4. The maximum atomic E-state index is 14.5. The maximum Gasteiger partial charge on any atom is 0.401 e. The fourth-order valence-corrected chi connectivity index (χ4v) is 5.04. The van der Waals surface area contributed by atoms with Crippen LogP contribution in [0.2, 0.25) is 0 Å². The number of piperidine rings is 1. The molecule has 40 heavy (non-hydrogen) atoms. The lowest BCUT2D eigenvalue weighted by Crippen LogP contribution is -2.61. The van der Waals surface area contributed by atoms with Gasteiger partial charge in [0.2, 0.25) is 0 Å². The van der Waals surface area contributed by atoms with Crippen LogP contribution in [0.3, 0.4) is 0 Å². The summed E-state index contributed by atoms with van der Waals surface area (Å²) in [6.45, 7) is -0.745. The zero-order valence-electron chi connectivity index (χ0n) is 21.6. The van der Waals surface area contributed by atoms with Crippen LogP contribution < -0.4 is 20.7 Å². The molecule has 1 aliphatic rings. The first kappa shape index (κ1) is 27.5. The predicted molar refractivity (Wildman–Crippen MR) is 140 cm³/mol. The fraction of sp³-hybridized carbons (Fsp3) is 0.385. The van der Waals surface area contributed by atoms with Crippen molar-refractivity contribution in [1.29, 1.82) is 0 Å². The molecule has 1 fully saturated rings. The number of nitrogens with one attached hydrogen (secondary N) is 1. The van der Waals surface area contributed by atoms with Gasteiger partial charge in [0.05, 0.1) is 56.3 Å². The number of aliphatic hydroxyl groups is 1. The number of pyridine rings is 1. The number of aliphatic hydroxyl groups excluding tert-OH is 1. The van der Waals surface area contributed by atoms with Gasteiger partial charge >= 0.3 is 6.18 Å². The number of imidazole rings is 1. The lowest BCUT2D eigenvalue weighted by molar-refractivity contribution is -0.130. The lowest BCUT2D eigenvalue weighted by atomic mass is 9.89. The Labute approximate surface area is 226 Å². The minimum absolute atomic E-state index is 0.0998. The summed E-state index contributed by atoms with van der Waals surface area (Å²) >= 11 is 0. The zero-order chi connectivity index (χ0) is 28.5. The first-order valence-corrected chi connectivity index (χ1v) is 12.5. The largest absolute Gasteiger partial charge is 0.494 e. The Balaban J connectivity index is 1.54. The Morgan fingerprint density at radius 2 is 2.00 bits per heavy atom. The summed E-state index contributed by atoms with van der Waals surface area (Å²) in [5.74, 6) is -0.213. The van der Waals surface area contributed by atoms with Crippen LogP contribution in [-0.4, -0.2) is 74.7 Å². The van der Waals surface area contributed by atoms with Crippen molar-refractivity contribution in [3.05, 3.63) is 54.5 Å². The summed E-state index contributed by atoms with van der Waals surface area (Å²) in [7, 11) is 1.38. The van der Waals surface area contributed by atoms with Gasteiger partial charge in [-0.2, -0.15) is 13.2 Å². The first-order valence-electron chi connectivity index (χ1n) is 12.5. The standard InChI is InChI=1S/C26H28F4N8O2/c1-40-21-4-3-16(7-18(21)27)19-8-17(10-38-15-35-22-23(31)33-14-34-24(22)38)20(9-32-19)37-6-2-5-25(12-37,13-39)36-11-26(28,29)30/h3-4,7-9,14-15,36,39H,2,5-6,10-13H2,1H3,(H2,31,33,34)/t25-/m1/s1. The molecular weight excluding hydrogens is 532 g/mol. The van der Waals surface area contributed by atoms with Crippen LogP contribution in [0, 0.1) is 5.82 Å². The summed E-state index contributed by atoms with van der Waals surface area (Å²) in [6, 6.07) is 6.32. The molecule has 10 nitrogen and oxygen atoms in total. The van der Waals surface area contributed by atoms with Gasteiger partial charge in [0.15, 0.2) is 23.0 Å². The summed E-state index contributed by atoms with van der Waals surface area (Å²) in [5, 5.41) is 12.7. The second-order valence-electron chi connectivity index (χ2n) is 9.78. The van der Waals surface area contributed by atoms with Crippen molar-refractivity contribution in [3.8, 4) is 17.0 Å². The van der Waals surface area contributed by atoms with Crippen LogP contribution in [0.15, 0.2) is 43.1 Å². The van der Waals surface area contributed by atoms with Gasteiger partial charge in [-0.15, -0.1) is 0 Å². The van der Waals surface area contributed by atoms with E-state index in [-0.39, 0.29) is 24.7 Å². The second-order valence-corrected chi connectivity index (χ2v) is 9.78. The molecule has 5 rings (SSSR count). The van der Waals surface area contributed by atoms with E-state index in [9.17, 15) is 22.7 Å². The van der Waals surface area contributed by atoms with Gasteiger partial charge in [0, 0.05) is 18.7 Å². The molecule has 1 atom stereocenters. The molecule has 3 aromatic heterocycles. The molecule has 0 radical (unpaired) electrons. The number of methoxy groups -OCH3 is 1. The smallest absolute Gasteiger partial charge is 0.401 e. The van der Waals surface area contributed by atoms with Crippen molar-refractivity contribution >= 4 is 22.7 Å². The second kappa shape index (κ2) is 10.8. The van der Waals surface area contributed by atoms with Crippen molar-refractivity contribution < 1.29 is 27.4 Å². The average molecular weight is 561 g/mol. The number of hydrogen-bond acceptors (Lipinski definition) is 9. The topological polar surface area (TPSA) is 127 Å². The fourth-order valence-electron chi connectivity index (χ4n) is 5.04. The highest BCUT2D eigenvalue weighted by Gasteiger charge is 2.39. The third kappa shape index (κ3) is 5.63. The van der Waals surface area contributed by atoms with Gasteiger partial charge in [0.1, 0.15) is 11.8 Å². The van der Waals surface area contributed by atoms with Crippen molar-refractivity contribution in [2.75, 3.05) is 44.0 Å². The van der Waals surface area contributed by atoms with Crippen LogP contribution in [0.4, 0.5) is 29.1 Å². The molecule has 0 amide bonds. The number of anilines is 2. The van der Waals surface area contributed by atoms with Crippen molar-refractivity contribution in [2.45, 2.75) is 31.1 Å². The van der Waals surface area contributed by atoms with E-state index in [0.29, 0.717) is 47.5 Å². The van der Waals surface area contributed by atoms with Gasteiger partial charge in [-0.05, 0) is 42.7 Å². The number of fused-ring (bicyclic) bond motifs is 1. The van der Waals surface area contributed by atoms with E-state index in [4.69, 9.17) is 10.5 Å². The molecule has 4 aromatic rings. The van der Waals surface area contributed by atoms with Crippen LogP contribution in [-0.2, 0) is 6.54 Å². The molecule has 4 heterocycles. The molecule has 0 aliphatic carbocycles. The van der Waals surface area contributed by atoms with Gasteiger partial charge < -0.3 is 25.0 Å². The zero-order valence-corrected chi connectivity index (χ0v) is 21.6. The molecular formula is C26H28F4N8O2. The van der Waals surface area contributed by atoms with E-state index in [1.54, 1.807) is 29.2 Å². The molecule has 0 bridgehead atoms. The SMILES string of the molecule is COc1ccc(-c2cc(Cn3cnc4c(N)ncnc43)c(N3CCC[C@@](CO)(NCC(F)(F)F)C3)cn2)cc1F. The van der Waals surface area contributed by atoms with Crippen LogP contribution in [0.5, 0.6) is 5.75 Å². The molecule has 1 aliphatic heterocycles. The van der Waals surface area contributed by atoms with E-state index in [1.165, 1.54) is 25.6 Å². The minimum atomic E-state index is -4.42. The number of nitrogen functional groups attached to an aromatic ring is 1. The summed E-state index contributed by atoms with van der Waals surface area (Å²) in [4.78, 5) is 19.1. The van der Waals surface area contributed by atoms with Crippen molar-refractivity contribution in [1.82, 2.24) is 29.8 Å². The third-order valence-corrected chi connectivity index (χ3v) is 7.07. The van der Waals surface area contributed by atoms with Gasteiger partial charge in [0.25, 0.3) is 0 Å². The number of aromatic nitrogens is 5. The predicted octanol–water partition coefficient (Wildman–Crippen LogP) is 3.15. The molecule has 0 unspecified atom stereocenters. The number of rotatable bonds is 8. The number of benzene rings is 1. The monoisotopic (exact) mass is 560 g/mol. The van der Waals surface area contributed by atoms with Crippen LogP contribution >= 0.6 is 0 Å². The van der Waals surface area contributed by atoms with Crippen molar-refractivity contribution in [3.63, 3.8) is 0 Å². The molecule has 0 spiro atoms. The van der Waals surface area contributed by atoms with Crippen LogP contribution in [0.1, 0.15) is 18.4 Å². The van der Waals surface area contributed by atoms with E-state index < -0.39 is 30.7 Å². The highest BCUT2D eigenvalue weighted by molar-refractivity contribution is 5.81. The third-order valence-electron chi connectivity index (χ3n) is 7.07. The highest BCUT2D eigenvalue weighted by atomic mass is 19.4. The Kier molecular flexibility index (Phi) is 7.47. The maximum absolute atomic E-state index is 14.5. The molecule has 0 saturated carbocycles. The number of nitrogens with zero attached hydrogens (tertiary/aromatic N) is 6. The van der Waals surface area contributed by atoms with Gasteiger partial charge in [-0.25, -0.2) is 19.3 Å². The number of hydrogen-bond donors (Lipinski definition) is 3. The number of alkyl halides is 3. The van der Waals surface area contributed by atoms with E-state index in [0.717, 1.165) is 5.56 Å². The summed E-state index contributed by atoms with van der Waals surface area (Å²) in [6.07, 6.45) is 1.04. The van der Waals surface area contributed by atoms with E-state index in [2.05, 4.69) is 25.3 Å². The molecule has 4 N–H and O–H groups in total. The Morgan fingerprint density at radius 1 is 1.18 bits per heavy atom. The summed E-state index contributed by atoms with van der Waals surface area (Å²) < 4.78 is 60.3. The Hall–Kier alpha value is -4.04. The average Bonchev–Trinajstić information content (AvgIpc) is 3.35. The van der Waals surface area contributed by atoms with Gasteiger partial charge in [-0.1, -0.05) is 0 Å². The Morgan fingerprint density at radius 3 is 2.73 bits per heavy atom. The van der Waals surface area contributed by atoms with E-state index in [1.807, 2.05) is 4.90 Å². The number of nitrogens with two attached hydrogens (primary N) is 1. The number of ether oxygens (including phenoxy) is 1. The Bertz CT molecular complexity index is 1510. The first-order chi connectivity index (χ1) is 19.1. The van der Waals surface area contributed by atoms with Gasteiger partial charge in [-0.3, -0.25) is 10.3 Å². The normalized spacial score (nSPS) is 17.9.